The fourth-order valence-electron chi connectivity index (χ4n) is 4.03. The molecule has 12 heteroatoms. The molecule has 0 aliphatic carbocycles. The molecule has 4 rings (SSSR count). The van der Waals surface area contributed by atoms with Gasteiger partial charge in [-0.3, -0.25) is 14.3 Å². The van der Waals surface area contributed by atoms with Crippen molar-refractivity contribution in [2.75, 3.05) is 0 Å². The number of aromatic hydroxyl groups is 2. The van der Waals surface area contributed by atoms with Gasteiger partial charge in [-0.05, 0) is 48.0 Å². The predicted molar refractivity (Wildman–Crippen MR) is 125 cm³/mol. The summed E-state index contributed by atoms with van der Waals surface area (Å²) in [5, 5.41) is 23.5. The molecule has 38 heavy (non-hydrogen) atoms. The molecule has 0 saturated carbocycles. The zero-order valence-corrected chi connectivity index (χ0v) is 19.3. The van der Waals surface area contributed by atoms with E-state index in [0.717, 1.165) is 35.0 Å². The topological polar surface area (TPSA) is 87.4 Å². The average molecular weight is 535 g/mol. The van der Waals surface area contributed by atoms with Crippen LogP contribution in [0.3, 0.4) is 0 Å². The lowest BCUT2D eigenvalue weighted by molar-refractivity contribution is -0.139. The first-order valence-electron chi connectivity index (χ1n) is 11.0. The number of hydrogen-bond donors (Lipinski definition) is 3. The summed E-state index contributed by atoms with van der Waals surface area (Å²) in [6.45, 7) is 3.59. The highest BCUT2D eigenvalue weighted by Gasteiger charge is 2.37. The van der Waals surface area contributed by atoms with Crippen LogP contribution in [0.1, 0.15) is 38.8 Å². The number of benzene rings is 2. The van der Waals surface area contributed by atoms with E-state index in [1.807, 2.05) is 0 Å². The molecule has 198 valence electrons. The summed E-state index contributed by atoms with van der Waals surface area (Å²) in [7, 11) is 0. The number of carbonyl (C=O) groups excluding carboxylic acids is 1. The molecule has 0 saturated heterocycles. The van der Waals surface area contributed by atoms with E-state index in [1.54, 1.807) is 0 Å². The minimum Gasteiger partial charge on any atom is -0.494 e. The minimum atomic E-state index is -4.87. The molecule has 0 spiro atoms. The first-order valence-corrected chi connectivity index (χ1v) is 11.0. The zero-order valence-electron chi connectivity index (χ0n) is 19.3. The normalized spacial score (nSPS) is 12.9. The summed E-state index contributed by atoms with van der Waals surface area (Å²) in [4.78, 5) is 17.0. The monoisotopic (exact) mass is 535 g/mol. The number of allylic oxidation sites excluding steroid dienone is 1. The van der Waals surface area contributed by atoms with Crippen LogP contribution in [0.25, 0.3) is 10.8 Å². The molecule has 1 unspecified atom stereocenters. The van der Waals surface area contributed by atoms with E-state index in [2.05, 4.69) is 16.9 Å². The van der Waals surface area contributed by atoms with Crippen molar-refractivity contribution in [2.45, 2.75) is 24.9 Å². The van der Waals surface area contributed by atoms with Gasteiger partial charge < -0.3 is 15.5 Å². The van der Waals surface area contributed by atoms with Gasteiger partial charge in [0.05, 0.1) is 22.9 Å². The Morgan fingerprint density at radius 2 is 1.63 bits per heavy atom. The van der Waals surface area contributed by atoms with Crippen molar-refractivity contribution < 1.29 is 41.4 Å². The molecule has 2 aromatic heterocycles. The van der Waals surface area contributed by atoms with Crippen LogP contribution in [0.5, 0.6) is 11.8 Å². The number of nitrogens with zero attached hydrogens (tertiary/aromatic N) is 2. The second-order valence-electron chi connectivity index (χ2n) is 8.27. The lowest BCUT2D eigenvalue weighted by Crippen LogP contribution is -2.31. The van der Waals surface area contributed by atoms with E-state index in [4.69, 9.17) is 0 Å². The van der Waals surface area contributed by atoms with Gasteiger partial charge in [0.25, 0.3) is 5.91 Å². The van der Waals surface area contributed by atoms with Crippen LogP contribution in [0, 0.1) is 0 Å². The highest BCUT2D eigenvalue weighted by Crippen LogP contribution is 2.38. The second-order valence-corrected chi connectivity index (χ2v) is 8.27. The summed E-state index contributed by atoms with van der Waals surface area (Å²) in [6.07, 6.45) is -7.05. The Morgan fingerprint density at radius 1 is 0.974 bits per heavy atom. The smallest absolute Gasteiger partial charge is 0.418 e. The third-order valence-corrected chi connectivity index (χ3v) is 5.85. The lowest BCUT2D eigenvalue weighted by Gasteiger charge is -2.23. The Balaban J connectivity index is 1.78. The van der Waals surface area contributed by atoms with Gasteiger partial charge in [-0.15, -0.1) is 6.58 Å². The van der Waals surface area contributed by atoms with Crippen molar-refractivity contribution >= 4 is 16.7 Å². The van der Waals surface area contributed by atoms with Gasteiger partial charge in [0, 0.05) is 29.1 Å². The third-order valence-electron chi connectivity index (χ3n) is 5.85. The molecule has 2 heterocycles. The number of rotatable bonds is 6. The van der Waals surface area contributed by atoms with Gasteiger partial charge in [-0.1, -0.05) is 18.2 Å². The number of hydrogen-bond acceptors (Lipinski definition) is 4. The summed E-state index contributed by atoms with van der Waals surface area (Å²) in [6, 6.07) is 7.39. The van der Waals surface area contributed by atoms with E-state index in [0.29, 0.717) is 12.1 Å². The van der Waals surface area contributed by atoms with Crippen molar-refractivity contribution in [3.05, 3.63) is 101 Å². The number of amides is 1. The standard InChI is InChI=1S/C26H19F6N3O3/c1-2-12-35-23(37)17-10-7-15(13-18(17)24(35)38)22(36)34-20(14-5-8-16(9-6-14)25(27,28)29)21-19(26(30,31)32)4-3-11-33-21/h2-11,13,20,37-38H,1,12H2,(H,34,36). The van der Waals surface area contributed by atoms with Crippen molar-refractivity contribution in [3.8, 4) is 11.8 Å². The molecule has 0 bridgehead atoms. The molecule has 6 nitrogen and oxygen atoms in total. The van der Waals surface area contributed by atoms with Gasteiger partial charge in [-0.2, -0.15) is 26.3 Å². The Morgan fingerprint density at radius 3 is 2.24 bits per heavy atom. The number of pyridine rings is 1. The van der Waals surface area contributed by atoms with Crippen LogP contribution < -0.4 is 5.32 Å². The molecule has 4 aromatic rings. The van der Waals surface area contributed by atoms with Crippen molar-refractivity contribution in [1.29, 1.82) is 0 Å². The second kappa shape index (κ2) is 9.77. The lowest BCUT2D eigenvalue weighted by atomic mass is 9.97. The van der Waals surface area contributed by atoms with Gasteiger partial charge in [0.15, 0.2) is 0 Å². The Labute approximate surface area is 211 Å². The number of nitrogens with one attached hydrogen (secondary N) is 1. The largest absolute Gasteiger partial charge is 0.494 e. The van der Waals surface area contributed by atoms with Crippen LogP contribution in [0.2, 0.25) is 0 Å². The summed E-state index contributed by atoms with van der Waals surface area (Å²) < 4.78 is 81.6. The maximum absolute atomic E-state index is 13.8. The van der Waals surface area contributed by atoms with Gasteiger partial charge in [0.1, 0.15) is 0 Å². The number of halogens is 6. The van der Waals surface area contributed by atoms with E-state index in [9.17, 15) is 41.4 Å². The first-order chi connectivity index (χ1) is 17.8. The quantitative estimate of drug-likeness (QED) is 0.203. The summed E-state index contributed by atoms with van der Waals surface area (Å²) in [5.74, 6) is -1.54. The van der Waals surface area contributed by atoms with Crippen molar-refractivity contribution in [2.24, 2.45) is 0 Å². The first kappa shape index (κ1) is 26.6. The van der Waals surface area contributed by atoms with Gasteiger partial charge in [-0.25, -0.2) is 0 Å². The van der Waals surface area contributed by atoms with E-state index in [-0.39, 0.29) is 40.2 Å². The van der Waals surface area contributed by atoms with E-state index < -0.39 is 41.1 Å². The number of fused-ring (bicyclic) bond motifs is 1. The van der Waals surface area contributed by atoms with Crippen molar-refractivity contribution in [1.82, 2.24) is 14.9 Å². The predicted octanol–water partition coefficient (Wildman–Crippen LogP) is 6.19. The molecular weight excluding hydrogens is 516 g/mol. The Hall–Kier alpha value is -4.48. The fourth-order valence-corrected chi connectivity index (χ4v) is 4.03. The van der Waals surface area contributed by atoms with Crippen LogP contribution in [-0.2, 0) is 18.9 Å². The molecule has 0 radical (unpaired) electrons. The number of alkyl halides is 6. The number of carbonyl (C=O) groups is 1. The molecule has 1 atom stereocenters. The molecule has 0 fully saturated rings. The molecule has 1 amide bonds. The molecule has 0 aliphatic heterocycles. The highest BCUT2D eigenvalue weighted by atomic mass is 19.4. The average Bonchev–Trinajstić information content (AvgIpc) is 3.11. The molecule has 3 N–H and O–H groups in total. The van der Waals surface area contributed by atoms with Crippen molar-refractivity contribution in [3.63, 3.8) is 0 Å². The summed E-state index contributed by atoms with van der Waals surface area (Å²) >= 11 is 0. The minimum absolute atomic E-state index is 0.0593. The molecule has 2 aromatic carbocycles. The van der Waals surface area contributed by atoms with Crippen LogP contribution in [-0.4, -0.2) is 25.7 Å². The maximum atomic E-state index is 13.8. The zero-order chi connectivity index (χ0) is 27.8. The third kappa shape index (κ3) is 5.01. The highest BCUT2D eigenvalue weighted by molar-refractivity contribution is 6.02. The van der Waals surface area contributed by atoms with Crippen LogP contribution in [0.15, 0.2) is 73.4 Å². The Bertz CT molecular complexity index is 1510. The fraction of sp³-hybridized carbons (Fsp3) is 0.154. The van der Waals surface area contributed by atoms with E-state index in [1.165, 1.54) is 24.3 Å². The van der Waals surface area contributed by atoms with Gasteiger partial charge in [0.2, 0.25) is 11.8 Å². The Kier molecular flexibility index (Phi) is 6.83. The molecular formula is C26H19F6N3O3. The SMILES string of the molecule is C=CCn1c(O)c2ccc(C(=O)NC(c3ccc(C(F)(F)F)cc3)c3ncccc3C(F)(F)F)cc2c1O. The molecule has 0 aliphatic rings. The van der Waals surface area contributed by atoms with E-state index >= 15 is 0 Å². The summed E-state index contributed by atoms with van der Waals surface area (Å²) in [5.41, 5.74) is -2.98. The van der Waals surface area contributed by atoms with Crippen LogP contribution in [0.4, 0.5) is 26.3 Å². The maximum Gasteiger partial charge on any atom is 0.418 e. The number of aromatic nitrogens is 2. The van der Waals surface area contributed by atoms with Gasteiger partial charge >= 0.3 is 12.4 Å². The van der Waals surface area contributed by atoms with Crippen LogP contribution >= 0.6 is 0 Å².